The Labute approximate surface area is 272 Å². The summed E-state index contributed by atoms with van der Waals surface area (Å²) in [6.45, 7) is 16.4. The maximum absolute atomic E-state index is 3.66. The van der Waals surface area contributed by atoms with E-state index < -0.39 is 0 Å². The third-order valence-corrected chi connectivity index (χ3v) is 10.6. The zero-order valence-corrected chi connectivity index (χ0v) is 29.3. The molecular formula is C41H38Br2. The fourth-order valence-electron chi connectivity index (χ4n) is 7.06. The Kier molecular flexibility index (Phi) is 6.55. The molecule has 0 bridgehead atoms. The Balaban J connectivity index is 1.69. The fourth-order valence-corrected chi connectivity index (χ4v) is 7.59. The van der Waals surface area contributed by atoms with E-state index in [0.29, 0.717) is 0 Å². The standard InChI is InChI=1S/C41H38Br2/c1-39(2,3)29-17-26-18-30(40(4,5)6)21-35-36-23-41(7,28-10-14-32(43)15-11-28)22-27-16-25(24-8-12-31(42)13-9-24)19-33(38(27)36)34(20-29)37(26)35/h8-22H,23H2,1-7H3. The van der Waals surface area contributed by atoms with Crippen molar-refractivity contribution in [3.8, 4) is 11.1 Å². The van der Waals surface area contributed by atoms with Crippen LogP contribution in [0.25, 0.3) is 49.5 Å². The van der Waals surface area contributed by atoms with Gasteiger partial charge in [0.2, 0.25) is 0 Å². The summed E-state index contributed by atoms with van der Waals surface area (Å²) in [5.74, 6) is 0. The van der Waals surface area contributed by atoms with Crippen molar-refractivity contribution < 1.29 is 0 Å². The summed E-state index contributed by atoms with van der Waals surface area (Å²) in [5, 5.41) is 9.68. The summed E-state index contributed by atoms with van der Waals surface area (Å²) in [7, 11) is 0. The van der Waals surface area contributed by atoms with Crippen molar-refractivity contribution in [3.05, 3.63) is 121 Å². The first-order chi connectivity index (χ1) is 20.2. The zero-order valence-electron chi connectivity index (χ0n) is 26.1. The summed E-state index contributed by atoms with van der Waals surface area (Å²) in [6, 6.07) is 32.5. The first kappa shape index (κ1) is 28.8. The van der Waals surface area contributed by atoms with Crippen LogP contribution in [0.2, 0.25) is 0 Å². The van der Waals surface area contributed by atoms with Gasteiger partial charge in [0.05, 0.1) is 0 Å². The molecule has 0 aliphatic heterocycles. The Morgan fingerprint density at radius 2 is 1.12 bits per heavy atom. The smallest absolute Gasteiger partial charge is 0.0175 e. The lowest BCUT2D eigenvalue weighted by Gasteiger charge is -2.33. The molecule has 7 rings (SSSR count). The predicted octanol–water partition coefficient (Wildman–Crippen LogP) is 11.9. The van der Waals surface area contributed by atoms with Gasteiger partial charge in [0.25, 0.3) is 0 Å². The average molecular weight is 691 g/mol. The minimum Gasteiger partial charge on any atom is -0.0659 e. The molecule has 6 aromatic rings. The van der Waals surface area contributed by atoms with Gasteiger partial charge in [0.15, 0.2) is 0 Å². The van der Waals surface area contributed by atoms with Gasteiger partial charge in [0, 0.05) is 14.4 Å². The van der Waals surface area contributed by atoms with E-state index in [1.165, 1.54) is 70.9 Å². The molecule has 1 unspecified atom stereocenters. The summed E-state index contributed by atoms with van der Waals surface area (Å²) in [4.78, 5) is 0. The van der Waals surface area contributed by atoms with Crippen molar-refractivity contribution in [2.45, 2.75) is 71.1 Å². The van der Waals surface area contributed by atoms with Crippen LogP contribution in [0.4, 0.5) is 0 Å². The quantitative estimate of drug-likeness (QED) is 0.125. The second kappa shape index (κ2) is 9.78. The van der Waals surface area contributed by atoms with Crippen molar-refractivity contribution in [3.63, 3.8) is 0 Å². The molecule has 2 heteroatoms. The first-order valence-electron chi connectivity index (χ1n) is 15.3. The van der Waals surface area contributed by atoms with E-state index in [-0.39, 0.29) is 16.2 Å². The summed E-state index contributed by atoms with van der Waals surface area (Å²) < 4.78 is 2.22. The molecule has 0 nitrogen and oxygen atoms in total. The van der Waals surface area contributed by atoms with Crippen molar-refractivity contribution in [1.82, 2.24) is 0 Å². The molecule has 0 saturated heterocycles. The third-order valence-electron chi connectivity index (χ3n) is 9.57. The molecule has 0 amide bonds. The molecule has 1 atom stereocenters. The van der Waals surface area contributed by atoms with E-state index in [2.05, 4.69) is 171 Å². The van der Waals surface area contributed by atoms with Crippen LogP contribution in [0.15, 0.2) is 93.9 Å². The molecule has 0 fully saturated rings. The number of hydrogen-bond acceptors (Lipinski definition) is 0. The molecular weight excluding hydrogens is 652 g/mol. The van der Waals surface area contributed by atoms with Crippen LogP contribution in [0, 0.1) is 0 Å². The third kappa shape index (κ3) is 4.86. The normalized spacial score (nSPS) is 17.1. The molecule has 43 heavy (non-hydrogen) atoms. The minimum absolute atomic E-state index is 0.0439. The Morgan fingerprint density at radius 1 is 0.581 bits per heavy atom. The van der Waals surface area contributed by atoms with Gasteiger partial charge in [-0.1, -0.05) is 129 Å². The van der Waals surface area contributed by atoms with Gasteiger partial charge in [0.1, 0.15) is 0 Å². The molecule has 0 aromatic heterocycles. The number of hydrogen-bond donors (Lipinski definition) is 0. The molecule has 1 aliphatic carbocycles. The van der Waals surface area contributed by atoms with E-state index in [1.54, 1.807) is 0 Å². The van der Waals surface area contributed by atoms with Gasteiger partial charge >= 0.3 is 0 Å². The second-order valence-electron chi connectivity index (χ2n) is 14.9. The molecule has 0 spiro atoms. The van der Waals surface area contributed by atoms with Crippen LogP contribution >= 0.6 is 31.9 Å². The molecule has 0 heterocycles. The van der Waals surface area contributed by atoms with Gasteiger partial charge in [-0.2, -0.15) is 0 Å². The van der Waals surface area contributed by atoms with Gasteiger partial charge in [-0.3, -0.25) is 0 Å². The van der Waals surface area contributed by atoms with Crippen LogP contribution in [0.1, 0.15) is 70.7 Å². The van der Waals surface area contributed by atoms with Crippen molar-refractivity contribution in [1.29, 1.82) is 0 Å². The van der Waals surface area contributed by atoms with Crippen LogP contribution in [0.5, 0.6) is 0 Å². The minimum atomic E-state index is -0.133. The molecule has 0 radical (unpaired) electrons. The summed E-state index contributed by atoms with van der Waals surface area (Å²) in [5.41, 5.74) is 8.08. The largest absolute Gasteiger partial charge is 0.0659 e. The predicted molar refractivity (Wildman–Crippen MR) is 194 cm³/mol. The Hall–Kier alpha value is -2.94. The van der Waals surface area contributed by atoms with E-state index in [9.17, 15) is 0 Å². The van der Waals surface area contributed by atoms with Crippen LogP contribution in [0.3, 0.4) is 0 Å². The topological polar surface area (TPSA) is 0 Å². The maximum atomic E-state index is 3.66. The summed E-state index contributed by atoms with van der Waals surface area (Å²) in [6.07, 6.45) is 3.51. The van der Waals surface area contributed by atoms with E-state index in [4.69, 9.17) is 0 Å². The molecule has 0 saturated carbocycles. The molecule has 216 valence electrons. The van der Waals surface area contributed by atoms with E-state index >= 15 is 0 Å². The van der Waals surface area contributed by atoms with Crippen molar-refractivity contribution >= 4 is 70.3 Å². The Morgan fingerprint density at radius 3 is 1.70 bits per heavy atom. The zero-order chi connectivity index (χ0) is 30.5. The van der Waals surface area contributed by atoms with Gasteiger partial charge in [-0.05, 0) is 131 Å². The highest BCUT2D eigenvalue weighted by molar-refractivity contribution is 9.10. The highest BCUT2D eigenvalue weighted by Gasteiger charge is 2.32. The van der Waals surface area contributed by atoms with E-state index in [1.807, 2.05) is 0 Å². The highest BCUT2D eigenvalue weighted by Crippen LogP contribution is 2.46. The molecule has 6 aromatic carbocycles. The molecule has 0 N–H and O–H groups in total. The Bertz CT molecular complexity index is 2110. The average Bonchev–Trinajstić information content (AvgIpc) is 2.94. The highest BCUT2D eigenvalue weighted by atomic mass is 79.9. The lowest BCUT2D eigenvalue weighted by Crippen LogP contribution is -2.30. The lowest BCUT2D eigenvalue weighted by molar-refractivity contribution is 0.590. The van der Waals surface area contributed by atoms with Crippen LogP contribution < -0.4 is 5.22 Å². The van der Waals surface area contributed by atoms with Crippen molar-refractivity contribution in [2.24, 2.45) is 0 Å². The van der Waals surface area contributed by atoms with Gasteiger partial charge in [-0.25, -0.2) is 0 Å². The van der Waals surface area contributed by atoms with E-state index in [0.717, 1.165) is 15.4 Å². The SMILES string of the molecule is CC(C)(C)c1cc2cc(C(C)(C)C)cc3c4cc(-c5ccc(Br)cc5)cc5c4c(c(c1)c23)CC(C)(c1ccc(Br)cc1)C=5. The number of fused-ring (bicyclic) bond motifs is 2. The monoisotopic (exact) mass is 688 g/mol. The molecule has 1 aliphatic rings. The fraction of sp³-hybridized carbons (Fsp3) is 0.268. The summed E-state index contributed by atoms with van der Waals surface area (Å²) >= 11 is 7.30. The number of rotatable bonds is 2. The first-order valence-corrected chi connectivity index (χ1v) is 16.9. The number of halogens is 2. The van der Waals surface area contributed by atoms with Crippen molar-refractivity contribution in [2.75, 3.05) is 0 Å². The lowest BCUT2D eigenvalue weighted by atomic mass is 9.70. The van der Waals surface area contributed by atoms with Crippen LogP contribution in [-0.2, 0) is 22.7 Å². The van der Waals surface area contributed by atoms with Gasteiger partial charge in [-0.15, -0.1) is 0 Å². The number of benzene rings is 6. The second-order valence-corrected chi connectivity index (χ2v) is 16.7. The van der Waals surface area contributed by atoms with Gasteiger partial charge < -0.3 is 0 Å². The maximum Gasteiger partial charge on any atom is 0.0175 e. The van der Waals surface area contributed by atoms with Crippen LogP contribution in [-0.4, -0.2) is 0 Å².